The Hall–Kier alpha value is -1.05. The molecule has 2 heterocycles. The molecule has 1 fully saturated rings. The van der Waals surface area contributed by atoms with E-state index in [0.29, 0.717) is 17.1 Å². The fourth-order valence-electron chi connectivity index (χ4n) is 2.26. The van der Waals surface area contributed by atoms with Crippen molar-refractivity contribution in [3.63, 3.8) is 0 Å². The number of aromatic nitrogens is 1. The van der Waals surface area contributed by atoms with Crippen LogP contribution in [0, 0.1) is 0 Å². The Labute approximate surface area is 132 Å². The molecular formula is C13H17BrN4OS. The Bertz CT molecular complexity index is 503. The van der Waals surface area contributed by atoms with Crippen molar-refractivity contribution in [1.82, 2.24) is 15.2 Å². The maximum absolute atomic E-state index is 12.1. The lowest BCUT2D eigenvalue weighted by atomic mass is 10.0. The summed E-state index contributed by atoms with van der Waals surface area (Å²) in [6.07, 6.45) is 5.05. The Balaban J connectivity index is 1.83. The Kier molecular flexibility index (Phi) is 5.45. The number of thiocarbonyl (C=S) groups is 1. The van der Waals surface area contributed by atoms with E-state index in [1.165, 1.54) is 0 Å². The molecule has 5 nitrogen and oxygen atoms in total. The van der Waals surface area contributed by atoms with Crippen LogP contribution < -0.4 is 11.1 Å². The highest BCUT2D eigenvalue weighted by atomic mass is 79.9. The summed E-state index contributed by atoms with van der Waals surface area (Å²) in [5.41, 5.74) is 6.11. The number of amides is 1. The molecule has 108 valence electrons. The second-order valence-corrected chi connectivity index (χ2v) is 6.32. The minimum atomic E-state index is -0.0772. The van der Waals surface area contributed by atoms with Gasteiger partial charge in [-0.1, -0.05) is 12.2 Å². The van der Waals surface area contributed by atoms with E-state index >= 15 is 0 Å². The van der Waals surface area contributed by atoms with Crippen molar-refractivity contribution in [3.8, 4) is 0 Å². The smallest absolute Gasteiger partial charge is 0.253 e. The summed E-state index contributed by atoms with van der Waals surface area (Å²) in [5, 5.41) is 3.05. The van der Waals surface area contributed by atoms with Gasteiger partial charge in [0.25, 0.3) is 5.91 Å². The Morgan fingerprint density at radius 1 is 1.50 bits per heavy atom. The molecule has 3 N–H and O–H groups in total. The highest BCUT2D eigenvalue weighted by Gasteiger charge is 2.21. The predicted octanol–water partition coefficient (Wildman–Crippen LogP) is 1.32. The molecule has 0 atom stereocenters. The molecule has 20 heavy (non-hydrogen) atoms. The molecule has 1 aromatic rings. The second-order valence-electron chi connectivity index (χ2n) is 4.88. The number of rotatable bonds is 4. The molecular weight excluding hydrogens is 340 g/mol. The van der Waals surface area contributed by atoms with E-state index in [4.69, 9.17) is 18.0 Å². The van der Waals surface area contributed by atoms with Gasteiger partial charge in [-0.05, 0) is 34.8 Å². The van der Waals surface area contributed by atoms with Gasteiger partial charge in [0.1, 0.15) is 0 Å². The zero-order valence-corrected chi connectivity index (χ0v) is 13.4. The lowest BCUT2D eigenvalue weighted by Crippen LogP contribution is -2.46. The van der Waals surface area contributed by atoms with Crippen LogP contribution in [0.25, 0.3) is 0 Å². The van der Waals surface area contributed by atoms with Crippen LogP contribution in [-0.4, -0.2) is 46.5 Å². The standard InChI is InChI=1S/C13H17BrN4OS/c14-10-5-9(6-16-7-10)13(19)17-11-1-3-18(4-2-11)8-12(15)20/h5-7,11H,1-4,8H2,(H2,15,20)(H,17,19). The van der Waals surface area contributed by atoms with Crippen molar-refractivity contribution in [2.45, 2.75) is 18.9 Å². The van der Waals surface area contributed by atoms with E-state index in [0.717, 1.165) is 30.4 Å². The molecule has 0 unspecified atom stereocenters. The van der Waals surface area contributed by atoms with E-state index in [9.17, 15) is 4.79 Å². The van der Waals surface area contributed by atoms with Crippen LogP contribution in [0.5, 0.6) is 0 Å². The van der Waals surface area contributed by atoms with Crippen molar-refractivity contribution in [3.05, 3.63) is 28.5 Å². The van der Waals surface area contributed by atoms with Crippen LogP contribution in [0.2, 0.25) is 0 Å². The van der Waals surface area contributed by atoms with Gasteiger partial charge >= 0.3 is 0 Å². The van der Waals surface area contributed by atoms with Crippen LogP contribution in [-0.2, 0) is 0 Å². The van der Waals surface area contributed by atoms with Gasteiger partial charge in [-0.2, -0.15) is 0 Å². The summed E-state index contributed by atoms with van der Waals surface area (Å²) >= 11 is 8.22. The van der Waals surface area contributed by atoms with Crippen molar-refractivity contribution >= 4 is 39.0 Å². The average molecular weight is 357 g/mol. The molecule has 0 bridgehead atoms. The van der Waals surface area contributed by atoms with E-state index < -0.39 is 0 Å². The summed E-state index contributed by atoms with van der Waals surface area (Å²) < 4.78 is 0.802. The highest BCUT2D eigenvalue weighted by Crippen LogP contribution is 2.13. The van der Waals surface area contributed by atoms with Gasteiger partial charge < -0.3 is 11.1 Å². The van der Waals surface area contributed by atoms with E-state index in [-0.39, 0.29) is 11.9 Å². The second kappa shape index (κ2) is 7.10. The van der Waals surface area contributed by atoms with Gasteiger partial charge in [0.15, 0.2) is 0 Å². The number of pyridine rings is 1. The molecule has 1 aliphatic heterocycles. The molecule has 1 aromatic heterocycles. The number of piperidine rings is 1. The van der Waals surface area contributed by atoms with Crippen LogP contribution in [0.3, 0.4) is 0 Å². The molecule has 0 spiro atoms. The summed E-state index contributed by atoms with van der Waals surface area (Å²) in [6.45, 7) is 2.46. The predicted molar refractivity (Wildman–Crippen MR) is 85.7 cm³/mol. The fourth-order valence-corrected chi connectivity index (χ4v) is 2.81. The molecule has 1 amide bonds. The zero-order valence-electron chi connectivity index (χ0n) is 11.0. The monoisotopic (exact) mass is 356 g/mol. The van der Waals surface area contributed by atoms with Gasteiger partial charge in [0.05, 0.1) is 10.6 Å². The number of nitrogens with one attached hydrogen (secondary N) is 1. The van der Waals surface area contributed by atoms with Crippen LogP contribution in [0.1, 0.15) is 23.2 Å². The van der Waals surface area contributed by atoms with Crippen molar-refractivity contribution < 1.29 is 4.79 Å². The van der Waals surface area contributed by atoms with E-state index in [1.54, 1.807) is 18.5 Å². The summed E-state index contributed by atoms with van der Waals surface area (Å²) in [4.78, 5) is 18.8. The summed E-state index contributed by atoms with van der Waals surface area (Å²) in [6, 6.07) is 1.97. The first-order chi connectivity index (χ1) is 9.54. The third-order valence-electron chi connectivity index (χ3n) is 3.27. The Morgan fingerprint density at radius 2 is 2.20 bits per heavy atom. The van der Waals surface area contributed by atoms with Gasteiger partial charge in [-0.3, -0.25) is 14.7 Å². The molecule has 0 radical (unpaired) electrons. The van der Waals surface area contributed by atoms with Crippen molar-refractivity contribution in [1.29, 1.82) is 0 Å². The maximum atomic E-state index is 12.1. The van der Waals surface area contributed by atoms with Gasteiger partial charge in [0.2, 0.25) is 0 Å². The number of nitrogens with zero attached hydrogens (tertiary/aromatic N) is 2. The third kappa shape index (κ3) is 4.50. The first-order valence-corrected chi connectivity index (χ1v) is 7.67. The molecule has 7 heteroatoms. The molecule has 0 aromatic carbocycles. The van der Waals surface area contributed by atoms with Crippen LogP contribution >= 0.6 is 28.1 Å². The minimum absolute atomic E-state index is 0.0772. The van der Waals surface area contributed by atoms with Crippen molar-refractivity contribution in [2.24, 2.45) is 5.73 Å². The zero-order chi connectivity index (χ0) is 14.5. The number of hydrogen-bond donors (Lipinski definition) is 2. The lowest BCUT2D eigenvalue weighted by molar-refractivity contribution is 0.0914. The SMILES string of the molecule is NC(=S)CN1CCC(NC(=O)c2cncc(Br)c2)CC1. The van der Waals surface area contributed by atoms with Crippen LogP contribution in [0.15, 0.2) is 22.9 Å². The molecule has 1 aliphatic rings. The van der Waals surface area contributed by atoms with Crippen molar-refractivity contribution in [2.75, 3.05) is 19.6 Å². The number of nitrogens with two attached hydrogens (primary N) is 1. The molecule has 0 saturated carbocycles. The number of halogens is 1. The number of likely N-dealkylation sites (tertiary alicyclic amines) is 1. The molecule has 1 saturated heterocycles. The number of hydrogen-bond acceptors (Lipinski definition) is 4. The largest absolute Gasteiger partial charge is 0.392 e. The minimum Gasteiger partial charge on any atom is -0.392 e. The fraction of sp³-hybridized carbons (Fsp3) is 0.462. The first kappa shape index (κ1) is 15.3. The molecule has 0 aliphatic carbocycles. The summed E-state index contributed by atoms with van der Waals surface area (Å²) in [7, 11) is 0. The topological polar surface area (TPSA) is 71.2 Å². The van der Waals surface area contributed by atoms with Crippen LogP contribution in [0.4, 0.5) is 0 Å². The lowest BCUT2D eigenvalue weighted by Gasteiger charge is -2.31. The quantitative estimate of drug-likeness (QED) is 0.796. The maximum Gasteiger partial charge on any atom is 0.253 e. The Morgan fingerprint density at radius 3 is 2.80 bits per heavy atom. The molecule has 2 rings (SSSR count). The number of carbonyl (C=O) groups is 1. The first-order valence-electron chi connectivity index (χ1n) is 6.46. The summed E-state index contributed by atoms with van der Waals surface area (Å²) in [5.74, 6) is -0.0772. The van der Waals surface area contributed by atoms with Gasteiger partial charge in [-0.25, -0.2) is 0 Å². The van der Waals surface area contributed by atoms with Gasteiger partial charge in [-0.15, -0.1) is 0 Å². The average Bonchev–Trinajstić information content (AvgIpc) is 2.40. The highest BCUT2D eigenvalue weighted by molar-refractivity contribution is 9.10. The third-order valence-corrected chi connectivity index (χ3v) is 3.83. The van der Waals surface area contributed by atoms with E-state index in [2.05, 4.69) is 31.1 Å². The number of carbonyl (C=O) groups excluding carboxylic acids is 1. The van der Waals surface area contributed by atoms with Gasteiger partial charge in [0, 0.05) is 42.5 Å². The van der Waals surface area contributed by atoms with E-state index in [1.807, 2.05) is 0 Å². The normalized spacial score (nSPS) is 16.9.